The molecule has 1 unspecified atom stereocenters. The van der Waals surface area contributed by atoms with Crippen molar-refractivity contribution in [3.05, 3.63) is 65.5 Å². The third-order valence-corrected chi connectivity index (χ3v) is 9.60. The Kier molecular flexibility index (Phi) is 10.3. The molecule has 0 aliphatic rings. The van der Waals surface area contributed by atoms with Gasteiger partial charge in [-0.2, -0.15) is 18.2 Å². The summed E-state index contributed by atoms with van der Waals surface area (Å²) in [7, 11) is -5.76. The first-order valence-electron chi connectivity index (χ1n) is 12.5. The van der Waals surface area contributed by atoms with Crippen LogP contribution in [-0.4, -0.2) is 49.9 Å². The van der Waals surface area contributed by atoms with E-state index in [2.05, 4.69) is 25.6 Å². The smallest absolute Gasteiger partial charge is 0.365 e. The van der Waals surface area contributed by atoms with E-state index < -0.39 is 40.8 Å². The van der Waals surface area contributed by atoms with Gasteiger partial charge in [0.1, 0.15) is 17.2 Å². The number of alkyl halides is 3. The molecule has 1 aromatic carbocycles. The van der Waals surface area contributed by atoms with E-state index in [1.165, 1.54) is 13.2 Å². The van der Waals surface area contributed by atoms with Crippen molar-refractivity contribution in [3.8, 4) is 0 Å². The van der Waals surface area contributed by atoms with Crippen LogP contribution in [-0.2, 0) is 36.4 Å². The lowest BCUT2D eigenvalue weighted by molar-refractivity contribution is -0.137. The Hall–Kier alpha value is -3.26. The second kappa shape index (κ2) is 13.1. The molecular formula is C25H32F3N6O5PS. The maximum atomic E-state index is 13.7. The lowest BCUT2D eigenvalue weighted by Gasteiger charge is -2.23. The number of benzene rings is 1. The predicted molar refractivity (Wildman–Crippen MR) is 151 cm³/mol. The van der Waals surface area contributed by atoms with Gasteiger partial charge in [0.05, 0.1) is 25.1 Å². The van der Waals surface area contributed by atoms with Crippen LogP contribution in [0, 0.1) is 0 Å². The van der Waals surface area contributed by atoms with Crippen LogP contribution in [0.5, 0.6) is 0 Å². The molecule has 0 fully saturated rings. The maximum Gasteiger partial charge on any atom is 0.421 e. The number of hydrogen-bond donors (Lipinski definition) is 2. The molecule has 0 bridgehead atoms. The summed E-state index contributed by atoms with van der Waals surface area (Å²) in [5.41, 5.74) is -0.158. The number of aromatic nitrogens is 3. The number of hydrogen-bond acceptors (Lipinski definition) is 10. The molecule has 3 aromatic rings. The number of halogens is 3. The second-order valence-corrected chi connectivity index (χ2v) is 13.2. The molecule has 0 amide bonds. The number of rotatable bonds is 13. The summed E-state index contributed by atoms with van der Waals surface area (Å²) in [6.07, 6.45) is -1.73. The maximum absolute atomic E-state index is 13.7. The highest BCUT2D eigenvalue weighted by molar-refractivity contribution is 7.92. The van der Waals surface area contributed by atoms with Crippen molar-refractivity contribution in [2.24, 2.45) is 0 Å². The molecule has 1 atom stereocenters. The van der Waals surface area contributed by atoms with Crippen LogP contribution >= 0.6 is 7.60 Å². The van der Waals surface area contributed by atoms with Crippen molar-refractivity contribution in [1.82, 2.24) is 15.0 Å². The molecule has 2 N–H and O–H groups in total. The Bertz CT molecular complexity index is 1480. The average molecular weight is 617 g/mol. The summed E-state index contributed by atoms with van der Waals surface area (Å²) in [6.45, 7) is 5.42. The molecule has 0 aliphatic carbocycles. The largest absolute Gasteiger partial charge is 0.421 e. The molecule has 0 saturated heterocycles. The van der Waals surface area contributed by atoms with E-state index in [0.29, 0.717) is 23.0 Å². The van der Waals surface area contributed by atoms with Gasteiger partial charge in [0.15, 0.2) is 0 Å². The molecule has 16 heteroatoms. The van der Waals surface area contributed by atoms with Gasteiger partial charge in [-0.3, -0.25) is 8.87 Å². The predicted octanol–water partition coefficient (Wildman–Crippen LogP) is 5.97. The highest BCUT2D eigenvalue weighted by Crippen LogP contribution is 2.60. The summed E-state index contributed by atoms with van der Waals surface area (Å²) in [5, 5.41) is 5.51. The van der Waals surface area contributed by atoms with Crippen molar-refractivity contribution in [2.45, 2.75) is 39.2 Å². The van der Waals surface area contributed by atoms with E-state index in [0.717, 1.165) is 10.6 Å². The molecule has 0 saturated carbocycles. The number of nitrogens with zero attached hydrogens (tertiary/aromatic N) is 4. The molecule has 2 aromatic heterocycles. The first-order valence-corrected chi connectivity index (χ1v) is 16.0. The number of sulfonamides is 1. The minimum absolute atomic E-state index is 0.0657. The number of pyridine rings is 1. The van der Waals surface area contributed by atoms with E-state index in [1.54, 1.807) is 57.2 Å². The summed E-state index contributed by atoms with van der Waals surface area (Å²) >= 11 is 0. The average Bonchev–Trinajstić information content (AvgIpc) is 2.91. The van der Waals surface area contributed by atoms with Gasteiger partial charge in [-0.1, -0.05) is 18.2 Å². The fourth-order valence-corrected chi connectivity index (χ4v) is 6.01. The lowest BCUT2D eigenvalue weighted by atomic mass is 10.1. The monoisotopic (exact) mass is 616 g/mol. The summed E-state index contributed by atoms with van der Waals surface area (Å²) in [5.74, 6) is -0.558. The Morgan fingerprint density at radius 3 is 2.27 bits per heavy atom. The van der Waals surface area contributed by atoms with E-state index in [1.807, 2.05) is 0 Å². The standard InChI is InChI=1S/C25H32F3N6O5PS/c1-6-38-40(35,39-7-2)17(3)18-10-12-20(13-11-18)32-24-31-16-21(25(26,27)28)22(33-24)30-15-19-9-8-14-29-23(19)34(4)41(5,36)37/h8-14,16-17H,6-7,15H2,1-5H3,(H2,30,31,32,33). The molecule has 0 spiro atoms. The summed E-state index contributed by atoms with van der Waals surface area (Å²) in [6, 6.07) is 9.77. The van der Waals surface area contributed by atoms with Gasteiger partial charge in [0, 0.05) is 37.2 Å². The Morgan fingerprint density at radius 2 is 1.71 bits per heavy atom. The topological polar surface area (TPSA) is 136 Å². The molecule has 0 aliphatic heterocycles. The van der Waals surface area contributed by atoms with Crippen LogP contribution in [0.1, 0.15) is 43.1 Å². The van der Waals surface area contributed by atoms with Crippen molar-refractivity contribution < 1.29 is 35.2 Å². The van der Waals surface area contributed by atoms with E-state index in [4.69, 9.17) is 9.05 Å². The van der Waals surface area contributed by atoms with Crippen molar-refractivity contribution >= 4 is 40.9 Å². The normalized spacial score (nSPS) is 13.1. The van der Waals surface area contributed by atoms with Crippen LogP contribution in [0.4, 0.5) is 36.4 Å². The SMILES string of the molecule is CCOP(=O)(OCC)C(C)c1ccc(Nc2ncc(C(F)(F)F)c(NCc3cccnc3N(C)S(C)(=O)=O)n2)cc1. The van der Waals surface area contributed by atoms with Crippen LogP contribution < -0.4 is 14.9 Å². The first-order chi connectivity index (χ1) is 19.2. The lowest BCUT2D eigenvalue weighted by Crippen LogP contribution is -2.27. The van der Waals surface area contributed by atoms with E-state index >= 15 is 0 Å². The van der Waals surface area contributed by atoms with Gasteiger partial charge in [0.2, 0.25) is 16.0 Å². The third kappa shape index (κ3) is 8.15. The highest BCUT2D eigenvalue weighted by Gasteiger charge is 2.36. The van der Waals surface area contributed by atoms with Gasteiger partial charge < -0.3 is 19.7 Å². The molecule has 11 nitrogen and oxygen atoms in total. The zero-order valence-corrected chi connectivity index (χ0v) is 24.8. The molecule has 0 radical (unpaired) electrons. The minimum Gasteiger partial charge on any atom is -0.365 e. The van der Waals surface area contributed by atoms with Crippen LogP contribution in [0.25, 0.3) is 0 Å². The fourth-order valence-electron chi connectivity index (χ4n) is 3.75. The Morgan fingerprint density at radius 1 is 1.07 bits per heavy atom. The van der Waals surface area contributed by atoms with Gasteiger partial charge in [0.25, 0.3) is 0 Å². The molecule has 3 rings (SSSR count). The van der Waals surface area contributed by atoms with Crippen molar-refractivity contribution in [2.75, 3.05) is 41.5 Å². The van der Waals surface area contributed by atoms with Gasteiger partial charge >= 0.3 is 13.8 Å². The zero-order valence-electron chi connectivity index (χ0n) is 23.1. The fraction of sp³-hybridized carbons (Fsp3) is 0.400. The van der Waals surface area contributed by atoms with Crippen LogP contribution in [0.15, 0.2) is 48.8 Å². The molecule has 41 heavy (non-hydrogen) atoms. The van der Waals surface area contributed by atoms with Crippen molar-refractivity contribution in [3.63, 3.8) is 0 Å². The van der Waals surface area contributed by atoms with Crippen LogP contribution in [0.2, 0.25) is 0 Å². The van der Waals surface area contributed by atoms with E-state index in [-0.39, 0.29) is 31.5 Å². The summed E-state index contributed by atoms with van der Waals surface area (Å²) < 4.78 is 90.1. The third-order valence-electron chi connectivity index (χ3n) is 5.95. The summed E-state index contributed by atoms with van der Waals surface area (Å²) in [4.78, 5) is 11.9. The quantitative estimate of drug-likeness (QED) is 0.221. The minimum atomic E-state index is -4.75. The number of anilines is 4. The van der Waals surface area contributed by atoms with Crippen LogP contribution in [0.3, 0.4) is 0 Å². The van der Waals surface area contributed by atoms with Gasteiger partial charge in [-0.25, -0.2) is 18.4 Å². The van der Waals surface area contributed by atoms with Crippen molar-refractivity contribution in [1.29, 1.82) is 0 Å². The van der Waals surface area contributed by atoms with Gasteiger partial charge in [-0.15, -0.1) is 0 Å². The van der Waals surface area contributed by atoms with Gasteiger partial charge in [-0.05, 0) is 44.5 Å². The molecule has 2 heterocycles. The number of nitrogens with one attached hydrogen (secondary N) is 2. The molecular weight excluding hydrogens is 584 g/mol. The zero-order chi connectivity index (χ0) is 30.4. The highest BCUT2D eigenvalue weighted by atomic mass is 32.2. The second-order valence-electron chi connectivity index (χ2n) is 8.82. The van der Waals surface area contributed by atoms with E-state index in [9.17, 15) is 26.2 Å². The first kappa shape index (κ1) is 32.3. The Balaban J connectivity index is 1.85. The molecule has 224 valence electrons. The Labute approximate surface area is 237 Å².